The molecule has 2 aliphatic rings. The minimum absolute atomic E-state index is 0.298. The lowest BCUT2D eigenvalue weighted by Crippen LogP contribution is -2.30. The molecule has 0 amide bonds. The molecule has 2 N–H and O–H groups in total. The molecule has 3 aromatic rings. The number of allylic oxidation sites excluding steroid dienone is 6. The van der Waals surface area contributed by atoms with Gasteiger partial charge in [-0.25, -0.2) is 9.97 Å². The number of benzene rings is 1. The van der Waals surface area contributed by atoms with Gasteiger partial charge in [0.1, 0.15) is 5.01 Å². The molecular weight excluding hydrogens is 637 g/mol. The van der Waals surface area contributed by atoms with Gasteiger partial charge in [-0.3, -0.25) is 9.79 Å². The molecule has 1 fully saturated rings. The van der Waals surface area contributed by atoms with Crippen LogP contribution in [-0.4, -0.2) is 42.7 Å². The molecule has 240 valence electrons. The Balaban J connectivity index is 1.28. The van der Waals surface area contributed by atoms with E-state index in [1.807, 2.05) is 55.5 Å². The first-order chi connectivity index (χ1) is 22.4. The second kappa shape index (κ2) is 16.3. The Bertz CT molecular complexity index is 1700. The Morgan fingerprint density at radius 1 is 1.20 bits per heavy atom. The molecule has 1 aromatic carbocycles. The van der Waals surface area contributed by atoms with Gasteiger partial charge in [0.2, 0.25) is 5.88 Å². The van der Waals surface area contributed by atoms with Gasteiger partial charge >= 0.3 is 0 Å². The summed E-state index contributed by atoms with van der Waals surface area (Å²) in [6.07, 6.45) is 18.0. The highest BCUT2D eigenvalue weighted by Gasteiger charge is 2.19. The first kappa shape index (κ1) is 33.8. The summed E-state index contributed by atoms with van der Waals surface area (Å²) in [6.45, 7) is 6.89. The molecule has 10 heteroatoms. The molecule has 2 aliphatic carbocycles. The normalized spacial score (nSPS) is 15.6. The smallest absolute Gasteiger partial charge is 0.224 e. The number of pyridine rings is 1. The van der Waals surface area contributed by atoms with Gasteiger partial charge in [-0.15, -0.1) is 11.3 Å². The Morgan fingerprint density at radius 3 is 2.78 bits per heavy atom. The molecule has 0 radical (unpaired) electrons. The van der Waals surface area contributed by atoms with E-state index in [2.05, 4.69) is 27.3 Å². The van der Waals surface area contributed by atoms with Gasteiger partial charge in [-0.2, -0.15) is 0 Å². The summed E-state index contributed by atoms with van der Waals surface area (Å²) in [7, 11) is 1.51. The highest BCUT2D eigenvalue weighted by molar-refractivity contribution is 7.12. The summed E-state index contributed by atoms with van der Waals surface area (Å²) < 4.78 is 5.37. The van der Waals surface area contributed by atoms with Crippen molar-refractivity contribution in [1.82, 2.24) is 15.3 Å². The van der Waals surface area contributed by atoms with Crippen LogP contribution in [0.2, 0.25) is 5.02 Å². The van der Waals surface area contributed by atoms with Crippen LogP contribution in [0, 0.1) is 6.92 Å². The lowest BCUT2D eigenvalue weighted by atomic mass is 9.96. The highest BCUT2D eigenvalue weighted by atomic mass is 35.5. The van der Waals surface area contributed by atoms with Crippen molar-refractivity contribution in [3.05, 3.63) is 96.7 Å². The zero-order valence-corrected chi connectivity index (χ0v) is 28.6. The minimum atomic E-state index is 0.298. The molecule has 2 heterocycles. The van der Waals surface area contributed by atoms with Crippen molar-refractivity contribution in [3.8, 4) is 5.88 Å². The fraction of sp³-hybridized carbons (Fsp3) is 0.333. The number of nitrogens with zero attached hydrogens (tertiary/aromatic N) is 3. The summed E-state index contributed by atoms with van der Waals surface area (Å²) in [4.78, 5) is 26.1. The van der Waals surface area contributed by atoms with Crippen LogP contribution in [0.15, 0.2) is 58.7 Å². The molecular formula is C36H39Cl2N5O2S. The molecule has 0 spiro atoms. The van der Waals surface area contributed by atoms with Crippen LogP contribution in [-0.2, 0) is 13.0 Å². The summed E-state index contributed by atoms with van der Waals surface area (Å²) in [6, 6.07) is 8.39. The summed E-state index contributed by atoms with van der Waals surface area (Å²) >= 11 is 15.6. The predicted octanol–water partition coefficient (Wildman–Crippen LogP) is 9.06. The molecule has 1 saturated carbocycles. The topological polar surface area (TPSA) is 88.5 Å². The lowest BCUT2D eigenvalue weighted by molar-refractivity contribution is 0.111. The van der Waals surface area contributed by atoms with Gasteiger partial charge in [0.05, 0.1) is 39.6 Å². The fourth-order valence-electron chi connectivity index (χ4n) is 5.85. The third-order valence-corrected chi connectivity index (χ3v) is 10.1. The van der Waals surface area contributed by atoms with E-state index < -0.39 is 0 Å². The summed E-state index contributed by atoms with van der Waals surface area (Å²) in [5, 5.41) is 9.54. The number of halogens is 2. The van der Waals surface area contributed by atoms with Gasteiger partial charge in [-0.05, 0) is 61.4 Å². The molecule has 2 aromatic heterocycles. The van der Waals surface area contributed by atoms with E-state index in [4.69, 9.17) is 32.9 Å². The number of methoxy groups -OCH3 is 1. The molecule has 5 rings (SSSR count). The molecule has 0 aliphatic heterocycles. The van der Waals surface area contributed by atoms with Crippen molar-refractivity contribution in [3.63, 3.8) is 0 Å². The third-order valence-electron chi connectivity index (χ3n) is 8.29. The van der Waals surface area contributed by atoms with E-state index in [-0.39, 0.29) is 0 Å². The maximum Gasteiger partial charge on any atom is 0.224 e. The van der Waals surface area contributed by atoms with E-state index in [0.717, 1.165) is 62.8 Å². The Labute approximate surface area is 285 Å². The molecule has 0 atom stereocenters. The average Bonchev–Trinajstić information content (AvgIpc) is 3.35. The quantitative estimate of drug-likeness (QED) is 0.139. The fourth-order valence-corrected chi connectivity index (χ4v) is 7.41. The molecule has 46 heavy (non-hydrogen) atoms. The number of aldehydes is 1. The van der Waals surface area contributed by atoms with E-state index in [9.17, 15) is 4.79 Å². The van der Waals surface area contributed by atoms with E-state index in [1.54, 1.807) is 17.5 Å². The number of ether oxygens (including phenoxy) is 1. The van der Waals surface area contributed by atoms with Gasteiger partial charge in [-0.1, -0.05) is 72.8 Å². The van der Waals surface area contributed by atoms with Gasteiger partial charge in [0, 0.05) is 48.8 Å². The zero-order valence-electron chi connectivity index (χ0n) is 26.2. The lowest BCUT2D eigenvalue weighted by Gasteiger charge is -2.22. The van der Waals surface area contributed by atoms with Crippen molar-refractivity contribution >= 4 is 70.5 Å². The number of rotatable bonds is 13. The zero-order chi connectivity index (χ0) is 32.5. The van der Waals surface area contributed by atoms with Crippen LogP contribution >= 0.6 is 34.5 Å². The maximum absolute atomic E-state index is 11.5. The van der Waals surface area contributed by atoms with E-state index in [1.165, 1.54) is 39.2 Å². The largest absolute Gasteiger partial charge is 0.480 e. The standard InChI is InChI=1S/C36H39Cl2N5O2S/c1-23-19-32(43-36(45-3)28(23)22-44)24-9-7-12-26(29(37)20-24)27-13-8-14-31(35(27)38)40-18-15-30-33(16-17-39-2)46-34(42-30)21-41-25-10-5-4-6-11-25/h7-9,12-14,16-17,19,22,25,40-41H,2,4-6,10-11,15,18,20-21H2,1,3H3/b17-16-. The van der Waals surface area contributed by atoms with Crippen LogP contribution < -0.4 is 15.4 Å². The van der Waals surface area contributed by atoms with Gasteiger partial charge in [0.15, 0.2) is 6.29 Å². The van der Waals surface area contributed by atoms with Crippen molar-refractivity contribution < 1.29 is 9.53 Å². The number of hydrogen-bond acceptors (Lipinski definition) is 8. The molecule has 7 nitrogen and oxygen atoms in total. The van der Waals surface area contributed by atoms with Crippen LogP contribution in [0.1, 0.15) is 81.3 Å². The molecule has 0 saturated heterocycles. The monoisotopic (exact) mass is 675 g/mol. The number of thiazole rings is 1. The van der Waals surface area contributed by atoms with Gasteiger partial charge in [0.25, 0.3) is 0 Å². The second-order valence-corrected chi connectivity index (χ2v) is 13.3. The third kappa shape index (κ3) is 8.23. The number of aryl methyl sites for hydroxylation is 1. The van der Waals surface area contributed by atoms with Gasteiger partial charge < -0.3 is 15.4 Å². The van der Waals surface area contributed by atoms with Crippen molar-refractivity contribution in [2.24, 2.45) is 4.99 Å². The number of anilines is 1. The SMILES string of the molecule is C=N/C=C\c1sc(CNC2CCCCC2)nc1CCNc1cccc(C2=C(Cl)CC(c3cc(C)c(C=O)c(OC)n3)=CC=C2)c1Cl. The van der Waals surface area contributed by atoms with Crippen LogP contribution in [0.5, 0.6) is 5.88 Å². The number of hydrogen-bond donors (Lipinski definition) is 2. The van der Waals surface area contributed by atoms with Crippen LogP contribution in [0.25, 0.3) is 17.2 Å². The minimum Gasteiger partial charge on any atom is -0.480 e. The highest BCUT2D eigenvalue weighted by Crippen LogP contribution is 2.39. The van der Waals surface area contributed by atoms with Crippen molar-refractivity contribution in [1.29, 1.82) is 0 Å². The Morgan fingerprint density at radius 2 is 2.02 bits per heavy atom. The van der Waals surface area contributed by atoms with Crippen molar-refractivity contribution in [2.45, 2.75) is 64.5 Å². The number of carbonyl (C=O) groups excluding carboxylic acids is 1. The number of carbonyl (C=O) groups is 1. The van der Waals surface area contributed by atoms with Crippen molar-refractivity contribution in [2.75, 3.05) is 19.0 Å². The maximum atomic E-state index is 11.5. The van der Waals surface area contributed by atoms with Crippen LogP contribution in [0.3, 0.4) is 0 Å². The van der Waals surface area contributed by atoms with E-state index in [0.29, 0.717) is 46.2 Å². The summed E-state index contributed by atoms with van der Waals surface area (Å²) in [5.74, 6) is 0.298. The number of aromatic nitrogens is 2. The number of nitrogens with one attached hydrogen (secondary N) is 2. The Hall–Kier alpha value is -3.56. The molecule has 0 unspecified atom stereocenters. The van der Waals surface area contributed by atoms with E-state index >= 15 is 0 Å². The first-order valence-corrected chi connectivity index (χ1v) is 17.1. The first-order valence-electron chi connectivity index (χ1n) is 15.6. The second-order valence-electron chi connectivity index (χ2n) is 11.4. The Kier molecular flexibility index (Phi) is 12.0. The predicted molar refractivity (Wildman–Crippen MR) is 193 cm³/mol. The molecule has 0 bridgehead atoms. The average molecular weight is 677 g/mol. The number of aliphatic imine (C=N–C) groups is 1. The summed E-state index contributed by atoms with van der Waals surface area (Å²) in [5.41, 5.74) is 6.39. The van der Waals surface area contributed by atoms with Crippen LogP contribution in [0.4, 0.5) is 5.69 Å².